The number of hydrogen-bond acceptors (Lipinski definition) is 5. The number of hydrogen-bond donors (Lipinski definition) is 1. The molecular formula is C20H25N3O2S. The first-order valence-electron chi connectivity index (χ1n) is 8.94. The first-order valence-corrected chi connectivity index (χ1v) is 9.82. The average molecular weight is 372 g/mol. The summed E-state index contributed by atoms with van der Waals surface area (Å²) in [5.41, 5.74) is 1.87. The molecule has 1 fully saturated rings. The van der Waals surface area contributed by atoms with Gasteiger partial charge in [0.05, 0.1) is 12.6 Å². The minimum Gasteiger partial charge on any atom is -0.369 e. The van der Waals surface area contributed by atoms with Gasteiger partial charge >= 0.3 is 0 Å². The number of benzene rings is 1. The lowest BCUT2D eigenvalue weighted by molar-refractivity contribution is -0.122. The van der Waals surface area contributed by atoms with Crippen LogP contribution in [0.2, 0.25) is 0 Å². The normalized spacial score (nSPS) is 16.3. The van der Waals surface area contributed by atoms with E-state index in [0.29, 0.717) is 6.54 Å². The van der Waals surface area contributed by atoms with Gasteiger partial charge < -0.3 is 10.2 Å². The van der Waals surface area contributed by atoms with Crippen LogP contribution >= 0.6 is 11.3 Å². The molecule has 2 heterocycles. The van der Waals surface area contributed by atoms with E-state index in [1.807, 2.05) is 48.7 Å². The molecule has 2 aromatic rings. The van der Waals surface area contributed by atoms with Crippen LogP contribution in [-0.4, -0.2) is 49.3 Å². The molecule has 26 heavy (non-hydrogen) atoms. The molecule has 0 spiro atoms. The van der Waals surface area contributed by atoms with Crippen LogP contribution in [0.15, 0.2) is 41.8 Å². The Balaban J connectivity index is 1.46. The van der Waals surface area contributed by atoms with Crippen molar-refractivity contribution in [1.82, 2.24) is 10.2 Å². The molecule has 1 aromatic heterocycles. The van der Waals surface area contributed by atoms with Crippen molar-refractivity contribution in [3.05, 3.63) is 52.2 Å². The van der Waals surface area contributed by atoms with Gasteiger partial charge in [0.2, 0.25) is 5.91 Å². The molecule has 1 aliphatic heterocycles. The topological polar surface area (TPSA) is 52.7 Å². The maximum Gasteiger partial charge on any atom is 0.234 e. The van der Waals surface area contributed by atoms with Gasteiger partial charge in [0.15, 0.2) is 5.78 Å². The van der Waals surface area contributed by atoms with E-state index in [9.17, 15) is 9.59 Å². The molecule has 5 nitrogen and oxygen atoms in total. The monoisotopic (exact) mass is 371 g/mol. The number of nitrogens with zero attached hydrogens (tertiary/aromatic N) is 2. The van der Waals surface area contributed by atoms with Crippen LogP contribution in [0.4, 0.5) is 5.69 Å². The Bertz CT molecular complexity index is 735. The Labute approximate surface area is 158 Å². The van der Waals surface area contributed by atoms with Crippen molar-refractivity contribution in [1.29, 1.82) is 0 Å². The molecular weight excluding hydrogens is 346 g/mol. The standard InChI is InChI=1S/C20H25N3O2S/c1-15(19-4-3-13-26-19)21-20(25)14-22-9-11-23(12-10-22)18-7-5-17(6-8-18)16(2)24/h3-8,13,15H,9-12,14H2,1-2H3,(H,21,25)/t15-/m1/s1. The number of piperazine rings is 1. The highest BCUT2D eigenvalue weighted by molar-refractivity contribution is 7.10. The number of anilines is 1. The number of thiophene rings is 1. The predicted octanol–water partition coefficient (Wildman–Crippen LogP) is 2.95. The second kappa shape index (κ2) is 8.47. The van der Waals surface area contributed by atoms with Crippen molar-refractivity contribution in [3.63, 3.8) is 0 Å². The van der Waals surface area contributed by atoms with Gasteiger partial charge in [-0.3, -0.25) is 14.5 Å². The van der Waals surface area contributed by atoms with E-state index in [0.717, 1.165) is 37.4 Å². The quantitative estimate of drug-likeness (QED) is 0.794. The molecule has 0 aliphatic carbocycles. The van der Waals surface area contributed by atoms with Gasteiger partial charge in [0.25, 0.3) is 0 Å². The summed E-state index contributed by atoms with van der Waals surface area (Å²) in [7, 11) is 0. The maximum absolute atomic E-state index is 12.3. The lowest BCUT2D eigenvalue weighted by atomic mass is 10.1. The van der Waals surface area contributed by atoms with Gasteiger partial charge in [-0.1, -0.05) is 6.07 Å². The number of nitrogens with one attached hydrogen (secondary N) is 1. The molecule has 1 aliphatic rings. The Hall–Kier alpha value is -2.18. The summed E-state index contributed by atoms with van der Waals surface area (Å²) in [4.78, 5) is 29.3. The average Bonchev–Trinajstić information content (AvgIpc) is 3.17. The lowest BCUT2D eigenvalue weighted by Crippen LogP contribution is -2.49. The number of carbonyl (C=O) groups excluding carboxylic acids is 2. The van der Waals surface area contributed by atoms with E-state index < -0.39 is 0 Å². The van der Waals surface area contributed by atoms with E-state index in [2.05, 4.69) is 15.1 Å². The molecule has 1 saturated heterocycles. The number of rotatable bonds is 6. The lowest BCUT2D eigenvalue weighted by Gasteiger charge is -2.36. The first-order chi connectivity index (χ1) is 12.5. The van der Waals surface area contributed by atoms with E-state index in [1.165, 1.54) is 4.88 Å². The summed E-state index contributed by atoms with van der Waals surface area (Å²) in [5.74, 6) is 0.161. The molecule has 0 unspecified atom stereocenters. The number of Topliss-reactive ketones (excluding diaryl/α,β-unsaturated/α-hetero) is 1. The largest absolute Gasteiger partial charge is 0.369 e. The SMILES string of the molecule is CC(=O)c1ccc(N2CCN(CC(=O)N[C@H](C)c3cccs3)CC2)cc1. The Morgan fingerprint density at radius 2 is 1.81 bits per heavy atom. The molecule has 0 bridgehead atoms. The minimum atomic E-state index is 0.0589. The Morgan fingerprint density at radius 1 is 1.12 bits per heavy atom. The molecule has 1 atom stereocenters. The van der Waals surface area contributed by atoms with Crippen molar-refractivity contribution in [2.24, 2.45) is 0 Å². The van der Waals surface area contributed by atoms with E-state index in [1.54, 1.807) is 18.3 Å². The zero-order valence-corrected chi connectivity index (χ0v) is 16.1. The van der Waals surface area contributed by atoms with Gasteiger partial charge in [0.1, 0.15) is 0 Å². The van der Waals surface area contributed by atoms with Gasteiger partial charge in [-0.15, -0.1) is 11.3 Å². The molecule has 0 saturated carbocycles. The fourth-order valence-corrected chi connectivity index (χ4v) is 3.90. The predicted molar refractivity (Wildman–Crippen MR) is 106 cm³/mol. The molecule has 1 amide bonds. The van der Waals surface area contributed by atoms with E-state index >= 15 is 0 Å². The molecule has 3 rings (SSSR count). The minimum absolute atomic E-state index is 0.0589. The summed E-state index contributed by atoms with van der Waals surface area (Å²) in [6.07, 6.45) is 0. The summed E-state index contributed by atoms with van der Waals surface area (Å²) in [6, 6.07) is 11.9. The molecule has 6 heteroatoms. The highest BCUT2D eigenvalue weighted by Gasteiger charge is 2.20. The highest BCUT2D eigenvalue weighted by Crippen LogP contribution is 2.19. The maximum atomic E-state index is 12.3. The number of carbonyl (C=O) groups is 2. The fourth-order valence-electron chi connectivity index (χ4n) is 3.17. The van der Waals surface area contributed by atoms with Crippen molar-refractivity contribution in [2.45, 2.75) is 19.9 Å². The van der Waals surface area contributed by atoms with Crippen molar-refractivity contribution >= 4 is 28.7 Å². The summed E-state index contributed by atoms with van der Waals surface area (Å²) >= 11 is 1.66. The molecule has 1 aromatic carbocycles. The highest BCUT2D eigenvalue weighted by atomic mass is 32.1. The van der Waals surface area contributed by atoms with Crippen LogP contribution in [0.5, 0.6) is 0 Å². The third-order valence-electron chi connectivity index (χ3n) is 4.73. The molecule has 138 valence electrons. The van der Waals surface area contributed by atoms with Gasteiger partial charge in [-0.2, -0.15) is 0 Å². The first kappa shape index (κ1) is 18.6. The molecule has 1 N–H and O–H groups in total. The van der Waals surface area contributed by atoms with Crippen LogP contribution in [0, 0.1) is 0 Å². The van der Waals surface area contributed by atoms with Crippen molar-refractivity contribution < 1.29 is 9.59 Å². The van der Waals surface area contributed by atoms with Crippen LogP contribution in [-0.2, 0) is 4.79 Å². The van der Waals surface area contributed by atoms with Gasteiger partial charge in [-0.25, -0.2) is 0 Å². The third-order valence-corrected chi connectivity index (χ3v) is 5.78. The van der Waals surface area contributed by atoms with Crippen LogP contribution in [0.25, 0.3) is 0 Å². The zero-order valence-electron chi connectivity index (χ0n) is 15.3. The summed E-state index contributed by atoms with van der Waals surface area (Å²) in [6.45, 7) is 7.52. The summed E-state index contributed by atoms with van der Waals surface area (Å²) in [5, 5.41) is 5.10. The van der Waals surface area contributed by atoms with Crippen LogP contribution in [0.3, 0.4) is 0 Å². The number of amides is 1. The van der Waals surface area contributed by atoms with Crippen LogP contribution < -0.4 is 10.2 Å². The van der Waals surface area contributed by atoms with Crippen LogP contribution in [0.1, 0.15) is 35.1 Å². The summed E-state index contributed by atoms with van der Waals surface area (Å²) < 4.78 is 0. The Kier molecular flexibility index (Phi) is 6.06. The fraction of sp³-hybridized carbons (Fsp3) is 0.400. The smallest absolute Gasteiger partial charge is 0.234 e. The second-order valence-corrected chi connectivity index (χ2v) is 7.65. The Morgan fingerprint density at radius 3 is 2.38 bits per heavy atom. The number of ketones is 1. The zero-order chi connectivity index (χ0) is 18.5. The van der Waals surface area contributed by atoms with E-state index in [4.69, 9.17) is 0 Å². The van der Waals surface area contributed by atoms with Gasteiger partial charge in [-0.05, 0) is 49.6 Å². The van der Waals surface area contributed by atoms with Crippen molar-refractivity contribution in [2.75, 3.05) is 37.6 Å². The second-order valence-electron chi connectivity index (χ2n) is 6.67. The molecule has 0 radical (unpaired) electrons. The van der Waals surface area contributed by atoms with Crippen molar-refractivity contribution in [3.8, 4) is 0 Å². The van der Waals surface area contributed by atoms with Gasteiger partial charge in [0, 0.05) is 42.3 Å². The third kappa shape index (κ3) is 4.71. The van der Waals surface area contributed by atoms with E-state index in [-0.39, 0.29) is 17.7 Å².